The summed E-state index contributed by atoms with van der Waals surface area (Å²) in [4.78, 5) is 3.18. The van der Waals surface area contributed by atoms with Gasteiger partial charge in [0.2, 0.25) is 0 Å². The standard InChI is InChI=1S/C16H25NOS/c1-11-9-14(7-8-18-11)17-12(2)16-10-13-5-3-4-6-15(13)19-16/h10-12,14,17H,3-9H2,1-2H3. The lowest BCUT2D eigenvalue weighted by Gasteiger charge is -2.30. The average molecular weight is 279 g/mol. The van der Waals surface area contributed by atoms with Gasteiger partial charge in [-0.25, -0.2) is 0 Å². The number of aryl methyl sites for hydroxylation is 2. The third-order valence-electron chi connectivity index (χ3n) is 4.41. The molecular formula is C16H25NOS. The lowest BCUT2D eigenvalue weighted by Crippen LogP contribution is -2.39. The first-order valence-electron chi connectivity index (χ1n) is 7.71. The molecule has 1 aromatic heterocycles. The summed E-state index contributed by atoms with van der Waals surface area (Å²) in [6, 6.07) is 3.57. The number of hydrogen-bond acceptors (Lipinski definition) is 3. The fourth-order valence-corrected chi connectivity index (χ4v) is 4.58. The molecule has 3 rings (SSSR count). The molecular weight excluding hydrogens is 254 g/mol. The van der Waals surface area contributed by atoms with Crippen LogP contribution in [-0.2, 0) is 17.6 Å². The normalized spacial score (nSPS) is 28.9. The predicted octanol–water partition coefficient (Wildman–Crippen LogP) is 3.85. The van der Waals surface area contributed by atoms with Gasteiger partial charge >= 0.3 is 0 Å². The molecule has 1 aromatic rings. The minimum Gasteiger partial charge on any atom is -0.378 e. The first-order valence-corrected chi connectivity index (χ1v) is 8.53. The minimum absolute atomic E-state index is 0.412. The molecule has 3 atom stereocenters. The quantitative estimate of drug-likeness (QED) is 0.907. The second kappa shape index (κ2) is 5.94. The van der Waals surface area contributed by atoms with Gasteiger partial charge in [0.05, 0.1) is 6.10 Å². The summed E-state index contributed by atoms with van der Waals surface area (Å²) in [7, 11) is 0. The van der Waals surface area contributed by atoms with Crippen LogP contribution in [0.3, 0.4) is 0 Å². The van der Waals surface area contributed by atoms with E-state index in [2.05, 4.69) is 25.2 Å². The molecule has 0 spiro atoms. The summed E-state index contributed by atoms with van der Waals surface area (Å²) in [6.07, 6.45) is 8.08. The van der Waals surface area contributed by atoms with Crippen LogP contribution in [0.2, 0.25) is 0 Å². The Morgan fingerprint density at radius 1 is 1.37 bits per heavy atom. The fraction of sp³-hybridized carbons (Fsp3) is 0.750. The summed E-state index contributed by atoms with van der Waals surface area (Å²) in [6.45, 7) is 5.41. The van der Waals surface area contributed by atoms with Gasteiger partial charge in [-0.2, -0.15) is 0 Å². The van der Waals surface area contributed by atoms with Crippen molar-refractivity contribution in [1.29, 1.82) is 0 Å². The number of hydrogen-bond donors (Lipinski definition) is 1. The van der Waals surface area contributed by atoms with E-state index < -0.39 is 0 Å². The third kappa shape index (κ3) is 3.21. The maximum atomic E-state index is 5.62. The van der Waals surface area contributed by atoms with Gasteiger partial charge in [-0.1, -0.05) is 0 Å². The molecule has 3 unspecified atom stereocenters. The van der Waals surface area contributed by atoms with Crippen molar-refractivity contribution in [3.8, 4) is 0 Å². The third-order valence-corrected chi connectivity index (χ3v) is 5.83. The van der Waals surface area contributed by atoms with E-state index in [1.165, 1.54) is 30.6 Å². The van der Waals surface area contributed by atoms with Gasteiger partial charge in [-0.3, -0.25) is 0 Å². The Morgan fingerprint density at radius 3 is 3.00 bits per heavy atom. The van der Waals surface area contributed by atoms with Gasteiger partial charge in [-0.05, 0) is 64.0 Å². The van der Waals surface area contributed by atoms with Crippen LogP contribution in [0, 0.1) is 0 Å². The molecule has 1 N–H and O–H groups in total. The van der Waals surface area contributed by atoms with E-state index in [0.717, 1.165) is 19.4 Å². The second-order valence-electron chi connectivity index (χ2n) is 6.10. The molecule has 0 aromatic carbocycles. The smallest absolute Gasteiger partial charge is 0.0561 e. The van der Waals surface area contributed by atoms with Crippen LogP contribution < -0.4 is 5.32 Å². The SMILES string of the molecule is CC1CC(NC(C)c2cc3c(s2)CCCC3)CCO1. The molecule has 3 heteroatoms. The molecule has 1 saturated heterocycles. The molecule has 1 aliphatic carbocycles. The monoisotopic (exact) mass is 279 g/mol. The Balaban J connectivity index is 1.63. The van der Waals surface area contributed by atoms with E-state index >= 15 is 0 Å². The highest BCUT2D eigenvalue weighted by atomic mass is 32.1. The predicted molar refractivity (Wildman–Crippen MR) is 80.9 cm³/mol. The minimum atomic E-state index is 0.412. The Bertz CT molecular complexity index is 405. The molecule has 2 nitrogen and oxygen atoms in total. The highest BCUT2D eigenvalue weighted by Gasteiger charge is 2.22. The van der Waals surface area contributed by atoms with Crippen molar-refractivity contribution >= 4 is 11.3 Å². The van der Waals surface area contributed by atoms with Gasteiger partial charge in [0.25, 0.3) is 0 Å². The fourth-order valence-electron chi connectivity index (χ4n) is 3.31. The average Bonchev–Trinajstić information content (AvgIpc) is 2.82. The first kappa shape index (κ1) is 13.6. The number of thiophene rings is 1. The van der Waals surface area contributed by atoms with E-state index in [1.54, 1.807) is 10.4 Å². The van der Waals surface area contributed by atoms with Crippen molar-refractivity contribution in [2.45, 2.75) is 70.6 Å². The van der Waals surface area contributed by atoms with E-state index in [4.69, 9.17) is 4.74 Å². The number of ether oxygens (including phenoxy) is 1. The summed E-state index contributed by atoms with van der Waals surface area (Å²) in [5.74, 6) is 0. The van der Waals surface area contributed by atoms with E-state index in [-0.39, 0.29) is 0 Å². The second-order valence-corrected chi connectivity index (χ2v) is 7.26. The zero-order valence-corrected chi connectivity index (χ0v) is 12.9. The molecule has 0 saturated carbocycles. The van der Waals surface area contributed by atoms with Crippen LogP contribution in [0.25, 0.3) is 0 Å². The van der Waals surface area contributed by atoms with Crippen LogP contribution in [0.5, 0.6) is 0 Å². The molecule has 2 aliphatic rings. The summed E-state index contributed by atoms with van der Waals surface area (Å²) < 4.78 is 5.62. The number of fused-ring (bicyclic) bond motifs is 1. The van der Waals surface area contributed by atoms with Crippen molar-refractivity contribution in [1.82, 2.24) is 5.32 Å². The summed E-state index contributed by atoms with van der Waals surface area (Å²) in [5.41, 5.74) is 1.63. The molecule has 2 heterocycles. The molecule has 0 radical (unpaired) electrons. The molecule has 0 amide bonds. The van der Waals surface area contributed by atoms with Crippen molar-refractivity contribution in [3.63, 3.8) is 0 Å². The van der Waals surface area contributed by atoms with Gasteiger partial charge in [0.1, 0.15) is 0 Å². The highest BCUT2D eigenvalue weighted by Crippen LogP contribution is 2.33. The Morgan fingerprint density at radius 2 is 2.21 bits per heavy atom. The topological polar surface area (TPSA) is 21.3 Å². The lowest BCUT2D eigenvalue weighted by atomic mass is 9.98. The first-order chi connectivity index (χ1) is 9.22. The van der Waals surface area contributed by atoms with E-state index in [0.29, 0.717) is 18.2 Å². The van der Waals surface area contributed by atoms with Crippen LogP contribution in [0.4, 0.5) is 0 Å². The molecule has 106 valence electrons. The van der Waals surface area contributed by atoms with E-state index in [9.17, 15) is 0 Å². The summed E-state index contributed by atoms with van der Waals surface area (Å²) >= 11 is 2.04. The highest BCUT2D eigenvalue weighted by molar-refractivity contribution is 7.12. The van der Waals surface area contributed by atoms with Crippen molar-refractivity contribution < 1.29 is 4.74 Å². The molecule has 0 bridgehead atoms. The van der Waals surface area contributed by atoms with Gasteiger partial charge in [0.15, 0.2) is 0 Å². The maximum absolute atomic E-state index is 5.62. The Kier molecular flexibility index (Phi) is 4.25. The zero-order valence-electron chi connectivity index (χ0n) is 12.1. The van der Waals surface area contributed by atoms with Crippen LogP contribution in [-0.4, -0.2) is 18.8 Å². The Labute approximate surface area is 120 Å². The maximum Gasteiger partial charge on any atom is 0.0561 e. The van der Waals surface area contributed by atoms with Gasteiger partial charge in [0, 0.05) is 28.4 Å². The lowest BCUT2D eigenvalue weighted by molar-refractivity contribution is 0.0116. The largest absolute Gasteiger partial charge is 0.378 e. The van der Waals surface area contributed by atoms with Crippen molar-refractivity contribution in [2.24, 2.45) is 0 Å². The molecule has 19 heavy (non-hydrogen) atoms. The van der Waals surface area contributed by atoms with E-state index in [1.807, 2.05) is 11.3 Å². The number of nitrogens with one attached hydrogen (secondary N) is 1. The van der Waals surface area contributed by atoms with Crippen molar-refractivity contribution in [2.75, 3.05) is 6.61 Å². The zero-order chi connectivity index (χ0) is 13.2. The Hall–Kier alpha value is -0.380. The van der Waals surface area contributed by atoms with Gasteiger partial charge in [-0.15, -0.1) is 11.3 Å². The van der Waals surface area contributed by atoms with Crippen molar-refractivity contribution in [3.05, 3.63) is 21.4 Å². The number of rotatable bonds is 3. The van der Waals surface area contributed by atoms with Gasteiger partial charge < -0.3 is 10.1 Å². The molecule has 1 fully saturated rings. The van der Waals surface area contributed by atoms with Crippen LogP contribution in [0.1, 0.15) is 60.9 Å². The van der Waals surface area contributed by atoms with Crippen LogP contribution >= 0.6 is 11.3 Å². The van der Waals surface area contributed by atoms with Crippen LogP contribution in [0.15, 0.2) is 6.07 Å². The summed E-state index contributed by atoms with van der Waals surface area (Å²) in [5, 5.41) is 3.81. The molecule has 1 aliphatic heterocycles.